The first kappa shape index (κ1) is 15.7. The molecule has 1 atom stereocenters. The molecule has 1 N–H and O–H groups in total. The molecule has 21 heavy (non-hydrogen) atoms. The smallest absolute Gasteiger partial charge is 0.261 e. The fourth-order valence-electron chi connectivity index (χ4n) is 2.37. The Hall–Kier alpha value is -1.72. The molecular weight excluding hydrogens is 266 g/mol. The van der Waals surface area contributed by atoms with Crippen LogP contribution in [-0.2, 0) is 11.3 Å². The van der Waals surface area contributed by atoms with Crippen LogP contribution in [0.2, 0.25) is 0 Å². The predicted octanol–water partition coefficient (Wildman–Crippen LogP) is 2.10. The molecule has 5 heteroatoms. The highest BCUT2D eigenvalue weighted by Crippen LogP contribution is 2.13. The van der Waals surface area contributed by atoms with Crippen LogP contribution in [0.25, 0.3) is 10.9 Å². The number of benzene rings is 1. The SMILES string of the molecule is CCCN[C@@H](C)c1nc2ccccc2c(=O)n1CCOC. The summed E-state index contributed by atoms with van der Waals surface area (Å²) in [6, 6.07) is 7.50. The summed E-state index contributed by atoms with van der Waals surface area (Å²) in [6.45, 7) is 6.06. The number of rotatable bonds is 7. The van der Waals surface area contributed by atoms with Gasteiger partial charge in [-0.2, -0.15) is 0 Å². The van der Waals surface area contributed by atoms with Crippen LogP contribution in [0.15, 0.2) is 29.1 Å². The summed E-state index contributed by atoms with van der Waals surface area (Å²) in [7, 11) is 1.64. The molecule has 0 radical (unpaired) electrons. The number of nitrogens with zero attached hydrogens (tertiary/aromatic N) is 2. The zero-order chi connectivity index (χ0) is 15.2. The second-order valence-corrected chi connectivity index (χ2v) is 5.11. The summed E-state index contributed by atoms with van der Waals surface area (Å²) in [5.41, 5.74) is 0.745. The van der Waals surface area contributed by atoms with E-state index in [1.165, 1.54) is 0 Å². The Bertz CT molecular complexity index is 652. The number of hydrogen-bond acceptors (Lipinski definition) is 4. The zero-order valence-electron chi connectivity index (χ0n) is 12.9. The molecule has 2 aromatic rings. The van der Waals surface area contributed by atoms with Gasteiger partial charge in [-0.25, -0.2) is 4.98 Å². The average molecular weight is 289 g/mol. The van der Waals surface area contributed by atoms with E-state index in [2.05, 4.69) is 17.2 Å². The van der Waals surface area contributed by atoms with E-state index < -0.39 is 0 Å². The number of methoxy groups -OCH3 is 1. The van der Waals surface area contributed by atoms with Crippen LogP contribution in [-0.4, -0.2) is 29.8 Å². The number of para-hydroxylation sites is 1. The lowest BCUT2D eigenvalue weighted by molar-refractivity contribution is 0.184. The van der Waals surface area contributed by atoms with Gasteiger partial charge in [-0.15, -0.1) is 0 Å². The van der Waals surface area contributed by atoms with Crippen molar-refractivity contribution in [1.29, 1.82) is 0 Å². The third kappa shape index (κ3) is 3.49. The Morgan fingerprint density at radius 1 is 1.38 bits per heavy atom. The zero-order valence-corrected chi connectivity index (χ0v) is 12.9. The van der Waals surface area contributed by atoms with Crippen LogP contribution in [0.1, 0.15) is 32.1 Å². The summed E-state index contributed by atoms with van der Waals surface area (Å²) in [5.74, 6) is 0.768. The maximum atomic E-state index is 12.7. The van der Waals surface area contributed by atoms with E-state index in [-0.39, 0.29) is 11.6 Å². The largest absolute Gasteiger partial charge is 0.383 e. The topological polar surface area (TPSA) is 56.2 Å². The van der Waals surface area contributed by atoms with Gasteiger partial charge in [-0.05, 0) is 32.0 Å². The lowest BCUT2D eigenvalue weighted by atomic mass is 10.2. The van der Waals surface area contributed by atoms with Gasteiger partial charge in [0.2, 0.25) is 0 Å². The van der Waals surface area contributed by atoms with Gasteiger partial charge in [0.15, 0.2) is 0 Å². The van der Waals surface area contributed by atoms with Crippen molar-refractivity contribution in [1.82, 2.24) is 14.9 Å². The summed E-state index contributed by atoms with van der Waals surface area (Å²) in [4.78, 5) is 17.4. The van der Waals surface area contributed by atoms with Crippen LogP contribution in [0, 0.1) is 0 Å². The van der Waals surface area contributed by atoms with Crippen molar-refractivity contribution in [2.24, 2.45) is 0 Å². The van der Waals surface area contributed by atoms with Gasteiger partial charge in [0.1, 0.15) is 5.82 Å². The monoisotopic (exact) mass is 289 g/mol. The van der Waals surface area contributed by atoms with Crippen molar-refractivity contribution in [2.75, 3.05) is 20.3 Å². The first-order valence-electron chi connectivity index (χ1n) is 7.40. The van der Waals surface area contributed by atoms with Gasteiger partial charge in [0.25, 0.3) is 5.56 Å². The van der Waals surface area contributed by atoms with Gasteiger partial charge in [0, 0.05) is 7.11 Å². The van der Waals surface area contributed by atoms with Crippen molar-refractivity contribution in [3.8, 4) is 0 Å². The maximum Gasteiger partial charge on any atom is 0.261 e. The minimum Gasteiger partial charge on any atom is -0.383 e. The van der Waals surface area contributed by atoms with Crippen LogP contribution < -0.4 is 10.9 Å². The second-order valence-electron chi connectivity index (χ2n) is 5.11. The molecule has 0 spiro atoms. The van der Waals surface area contributed by atoms with Crippen LogP contribution in [0.5, 0.6) is 0 Å². The molecule has 114 valence electrons. The van der Waals surface area contributed by atoms with Crippen LogP contribution >= 0.6 is 0 Å². The average Bonchev–Trinajstić information content (AvgIpc) is 2.51. The molecule has 5 nitrogen and oxygen atoms in total. The highest BCUT2D eigenvalue weighted by molar-refractivity contribution is 5.77. The molecule has 0 aliphatic heterocycles. The van der Waals surface area contributed by atoms with Gasteiger partial charge in [-0.3, -0.25) is 9.36 Å². The fraction of sp³-hybridized carbons (Fsp3) is 0.500. The lowest BCUT2D eigenvalue weighted by Gasteiger charge is -2.19. The Balaban J connectivity index is 2.51. The third-order valence-corrected chi connectivity index (χ3v) is 3.50. The Morgan fingerprint density at radius 2 is 2.14 bits per heavy atom. The standard InChI is InChI=1S/C16H23N3O2/c1-4-9-17-12(2)15-18-14-8-6-5-7-13(14)16(20)19(15)10-11-21-3/h5-8,12,17H,4,9-11H2,1-3H3/t12-/m0/s1. The fourth-order valence-corrected chi connectivity index (χ4v) is 2.37. The number of aromatic nitrogens is 2. The van der Waals surface area contributed by atoms with E-state index in [1.54, 1.807) is 11.7 Å². The minimum absolute atomic E-state index is 0.00204. The van der Waals surface area contributed by atoms with Crippen molar-refractivity contribution < 1.29 is 4.74 Å². The van der Waals surface area contributed by atoms with Crippen LogP contribution in [0.4, 0.5) is 0 Å². The van der Waals surface area contributed by atoms with Gasteiger partial charge in [0.05, 0.1) is 30.1 Å². The van der Waals surface area contributed by atoms with E-state index in [1.807, 2.05) is 31.2 Å². The van der Waals surface area contributed by atoms with Gasteiger partial charge < -0.3 is 10.1 Å². The first-order chi connectivity index (χ1) is 10.2. The molecule has 1 aromatic carbocycles. The van der Waals surface area contributed by atoms with Crippen LogP contribution in [0.3, 0.4) is 0 Å². The normalized spacial score (nSPS) is 12.7. The summed E-state index contributed by atoms with van der Waals surface area (Å²) < 4.78 is 6.84. The quantitative estimate of drug-likeness (QED) is 0.848. The van der Waals surface area contributed by atoms with Gasteiger partial charge >= 0.3 is 0 Å². The molecule has 0 unspecified atom stereocenters. The van der Waals surface area contributed by atoms with E-state index in [0.717, 1.165) is 24.3 Å². The van der Waals surface area contributed by atoms with Gasteiger partial charge in [-0.1, -0.05) is 19.1 Å². The molecule has 0 amide bonds. The molecule has 2 rings (SSSR count). The van der Waals surface area contributed by atoms with E-state index in [4.69, 9.17) is 4.74 Å². The molecule has 0 fully saturated rings. The molecule has 0 saturated heterocycles. The summed E-state index contributed by atoms with van der Waals surface area (Å²) in [5, 5.41) is 4.05. The van der Waals surface area contributed by atoms with Crippen molar-refractivity contribution >= 4 is 10.9 Å². The second kappa shape index (κ2) is 7.33. The minimum atomic E-state index is -0.00204. The summed E-state index contributed by atoms with van der Waals surface area (Å²) >= 11 is 0. The highest BCUT2D eigenvalue weighted by Gasteiger charge is 2.15. The summed E-state index contributed by atoms with van der Waals surface area (Å²) in [6.07, 6.45) is 1.04. The molecule has 0 aliphatic rings. The molecule has 0 bridgehead atoms. The molecular formula is C16H23N3O2. The third-order valence-electron chi connectivity index (χ3n) is 3.50. The van der Waals surface area contributed by atoms with E-state index in [9.17, 15) is 4.79 Å². The molecule has 0 aliphatic carbocycles. The van der Waals surface area contributed by atoms with E-state index in [0.29, 0.717) is 18.5 Å². The Kier molecular flexibility index (Phi) is 5.47. The Labute approximate surface area is 125 Å². The molecule has 1 aromatic heterocycles. The highest BCUT2D eigenvalue weighted by atomic mass is 16.5. The lowest BCUT2D eigenvalue weighted by Crippen LogP contribution is -2.32. The number of ether oxygens (including phenoxy) is 1. The number of fused-ring (bicyclic) bond motifs is 1. The predicted molar refractivity (Wildman–Crippen MR) is 84.6 cm³/mol. The molecule has 0 saturated carbocycles. The Morgan fingerprint density at radius 3 is 2.86 bits per heavy atom. The van der Waals surface area contributed by atoms with Crippen molar-refractivity contribution in [3.05, 3.63) is 40.4 Å². The van der Waals surface area contributed by atoms with E-state index >= 15 is 0 Å². The van der Waals surface area contributed by atoms with Crippen molar-refractivity contribution in [2.45, 2.75) is 32.9 Å². The number of nitrogens with one attached hydrogen (secondary N) is 1. The maximum absolute atomic E-state index is 12.7. The number of hydrogen-bond donors (Lipinski definition) is 1. The molecule has 1 heterocycles. The first-order valence-corrected chi connectivity index (χ1v) is 7.40. The van der Waals surface area contributed by atoms with Crippen molar-refractivity contribution in [3.63, 3.8) is 0 Å².